The fourth-order valence-electron chi connectivity index (χ4n) is 1.75. The minimum Gasteiger partial charge on any atom is -0.382 e. The lowest BCUT2D eigenvalue weighted by Crippen LogP contribution is -2.18. The Balaban J connectivity index is 2.38. The molecule has 0 aromatic carbocycles. The molecule has 0 radical (unpaired) electrons. The summed E-state index contributed by atoms with van der Waals surface area (Å²) < 4.78 is 10.4. The van der Waals surface area contributed by atoms with E-state index in [-0.39, 0.29) is 0 Å². The molecule has 0 fully saturated rings. The molecule has 1 unspecified atom stereocenters. The van der Waals surface area contributed by atoms with Crippen molar-refractivity contribution < 1.29 is 9.47 Å². The minimum atomic E-state index is 0.365. The van der Waals surface area contributed by atoms with Crippen LogP contribution in [0.25, 0.3) is 0 Å². The third-order valence-corrected chi connectivity index (χ3v) is 3.83. The van der Waals surface area contributed by atoms with Crippen LogP contribution in [0.15, 0.2) is 5.38 Å². The van der Waals surface area contributed by atoms with E-state index in [4.69, 9.17) is 15.2 Å². The summed E-state index contributed by atoms with van der Waals surface area (Å²) in [4.78, 5) is 4.65. The lowest BCUT2D eigenvalue weighted by Gasteiger charge is -2.15. The van der Waals surface area contributed by atoms with Crippen molar-refractivity contribution in [1.29, 1.82) is 0 Å². The van der Waals surface area contributed by atoms with Crippen molar-refractivity contribution in [3.63, 3.8) is 0 Å². The highest BCUT2D eigenvalue weighted by molar-refractivity contribution is 7.09. The van der Waals surface area contributed by atoms with Gasteiger partial charge in [-0.15, -0.1) is 11.3 Å². The van der Waals surface area contributed by atoms with Gasteiger partial charge in [-0.2, -0.15) is 0 Å². The molecule has 2 N–H and O–H groups in total. The van der Waals surface area contributed by atoms with Crippen molar-refractivity contribution in [2.24, 2.45) is 11.7 Å². The van der Waals surface area contributed by atoms with Crippen LogP contribution in [0.5, 0.6) is 0 Å². The van der Waals surface area contributed by atoms with Crippen molar-refractivity contribution in [3.8, 4) is 0 Å². The van der Waals surface area contributed by atoms with Crippen LogP contribution in [-0.2, 0) is 15.9 Å². The lowest BCUT2D eigenvalue weighted by molar-refractivity contribution is 0.0722. The van der Waals surface area contributed by atoms with Gasteiger partial charge < -0.3 is 15.2 Å². The number of ether oxygens (including phenoxy) is 2. The second-order valence-electron chi connectivity index (χ2n) is 4.61. The van der Waals surface area contributed by atoms with E-state index in [2.05, 4.69) is 24.2 Å². The summed E-state index contributed by atoms with van der Waals surface area (Å²) in [5.41, 5.74) is 6.93. The summed E-state index contributed by atoms with van der Waals surface area (Å²) in [6.45, 7) is 7.02. The molecule has 0 amide bonds. The monoisotopic (exact) mass is 272 g/mol. The van der Waals surface area contributed by atoms with Crippen LogP contribution >= 0.6 is 11.3 Å². The Morgan fingerprint density at radius 3 is 2.72 bits per heavy atom. The van der Waals surface area contributed by atoms with Gasteiger partial charge in [-0.05, 0) is 5.92 Å². The van der Waals surface area contributed by atoms with Gasteiger partial charge in [0.25, 0.3) is 0 Å². The first kappa shape index (κ1) is 15.6. The third-order valence-electron chi connectivity index (χ3n) is 2.90. The maximum atomic E-state index is 5.80. The molecule has 104 valence electrons. The van der Waals surface area contributed by atoms with Crippen LogP contribution < -0.4 is 5.73 Å². The van der Waals surface area contributed by atoms with Gasteiger partial charge in [0, 0.05) is 31.4 Å². The van der Waals surface area contributed by atoms with Gasteiger partial charge in [-0.1, -0.05) is 13.8 Å². The fraction of sp³-hybridized carbons (Fsp3) is 0.769. The van der Waals surface area contributed by atoms with Crippen LogP contribution in [0.4, 0.5) is 0 Å². The second-order valence-corrected chi connectivity index (χ2v) is 5.55. The van der Waals surface area contributed by atoms with Crippen molar-refractivity contribution >= 4 is 11.3 Å². The van der Waals surface area contributed by atoms with E-state index >= 15 is 0 Å². The molecule has 0 spiro atoms. The standard InChI is InChI=1S/C13H24N2O2S/c1-10(2)11(8-14)12-9-18-13(15-12)4-5-17-7-6-16-3/h9-11H,4-8,14H2,1-3H3. The Morgan fingerprint density at radius 2 is 2.11 bits per heavy atom. The number of thiazole rings is 1. The highest BCUT2D eigenvalue weighted by Crippen LogP contribution is 2.24. The summed E-state index contributed by atoms with van der Waals surface area (Å²) >= 11 is 1.70. The van der Waals surface area contributed by atoms with Gasteiger partial charge >= 0.3 is 0 Å². The molecule has 1 aromatic rings. The van der Waals surface area contributed by atoms with E-state index in [9.17, 15) is 0 Å². The predicted molar refractivity (Wildman–Crippen MR) is 75.1 cm³/mol. The van der Waals surface area contributed by atoms with Gasteiger partial charge in [0.15, 0.2) is 0 Å². The van der Waals surface area contributed by atoms with Gasteiger partial charge in [0.05, 0.1) is 30.5 Å². The molecular weight excluding hydrogens is 248 g/mol. The maximum absolute atomic E-state index is 5.80. The quantitative estimate of drug-likeness (QED) is 0.699. The molecule has 0 aliphatic carbocycles. The first-order chi connectivity index (χ1) is 8.69. The van der Waals surface area contributed by atoms with Crippen LogP contribution in [0.2, 0.25) is 0 Å². The molecule has 18 heavy (non-hydrogen) atoms. The largest absolute Gasteiger partial charge is 0.382 e. The van der Waals surface area contributed by atoms with E-state index in [1.54, 1.807) is 18.4 Å². The number of methoxy groups -OCH3 is 1. The van der Waals surface area contributed by atoms with Crippen LogP contribution in [0.3, 0.4) is 0 Å². The van der Waals surface area contributed by atoms with Crippen molar-refractivity contribution in [2.75, 3.05) is 33.5 Å². The fourth-order valence-corrected chi connectivity index (χ4v) is 2.59. The highest BCUT2D eigenvalue weighted by Gasteiger charge is 2.17. The Hall–Kier alpha value is -0.490. The summed E-state index contributed by atoms with van der Waals surface area (Å²) in [7, 11) is 1.68. The average Bonchev–Trinajstić information content (AvgIpc) is 2.78. The zero-order valence-electron chi connectivity index (χ0n) is 11.5. The molecule has 1 atom stereocenters. The molecule has 4 nitrogen and oxygen atoms in total. The van der Waals surface area contributed by atoms with Crippen molar-refractivity contribution in [2.45, 2.75) is 26.2 Å². The maximum Gasteiger partial charge on any atom is 0.0951 e. The number of rotatable bonds is 9. The van der Waals surface area contributed by atoms with Crippen molar-refractivity contribution in [3.05, 3.63) is 16.1 Å². The van der Waals surface area contributed by atoms with E-state index in [0.717, 1.165) is 17.1 Å². The second kappa shape index (κ2) is 8.58. The smallest absolute Gasteiger partial charge is 0.0951 e. The first-order valence-corrected chi connectivity index (χ1v) is 7.28. The van der Waals surface area contributed by atoms with Crippen molar-refractivity contribution in [1.82, 2.24) is 4.98 Å². The Morgan fingerprint density at radius 1 is 1.33 bits per heavy atom. The minimum absolute atomic E-state index is 0.365. The van der Waals surface area contributed by atoms with Gasteiger partial charge in [0.2, 0.25) is 0 Å². The third kappa shape index (κ3) is 5.02. The number of hydrogen-bond donors (Lipinski definition) is 1. The normalized spacial score (nSPS) is 13.2. The van der Waals surface area contributed by atoms with Crippen LogP contribution in [-0.4, -0.2) is 38.5 Å². The molecule has 0 aliphatic heterocycles. The van der Waals surface area contributed by atoms with Gasteiger partial charge in [-0.3, -0.25) is 0 Å². The molecule has 1 rings (SSSR count). The highest BCUT2D eigenvalue weighted by atomic mass is 32.1. The van der Waals surface area contributed by atoms with E-state index < -0.39 is 0 Å². The number of nitrogens with zero attached hydrogens (tertiary/aromatic N) is 1. The summed E-state index contributed by atoms with van der Waals surface area (Å²) in [6, 6.07) is 0. The molecule has 1 aromatic heterocycles. The molecule has 5 heteroatoms. The molecule has 0 saturated heterocycles. The predicted octanol–water partition coefficient (Wildman–Crippen LogP) is 2.05. The molecular formula is C13H24N2O2S. The number of hydrogen-bond acceptors (Lipinski definition) is 5. The average molecular weight is 272 g/mol. The topological polar surface area (TPSA) is 57.4 Å². The summed E-state index contributed by atoms with van der Waals surface area (Å²) in [6.07, 6.45) is 0.865. The van der Waals surface area contributed by atoms with E-state index in [0.29, 0.717) is 38.2 Å². The number of aromatic nitrogens is 1. The number of nitrogens with two attached hydrogens (primary N) is 1. The van der Waals surface area contributed by atoms with Crippen LogP contribution in [0, 0.1) is 5.92 Å². The zero-order chi connectivity index (χ0) is 13.4. The van der Waals surface area contributed by atoms with E-state index in [1.807, 2.05) is 0 Å². The Kier molecular flexibility index (Phi) is 7.42. The summed E-state index contributed by atoms with van der Waals surface area (Å²) in [5.74, 6) is 0.896. The molecule has 0 saturated carbocycles. The zero-order valence-corrected chi connectivity index (χ0v) is 12.3. The molecule has 1 heterocycles. The summed E-state index contributed by atoms with van der Waals surface area (Å²) in [5, 5.41) is 3.25. The van der Waals surface area contributed by atoms with Crippen LogP contribution in [0.1, 0.15) is 30.5 Å². The Bertz CT molecular complexity index is 329. The Labute approximate surface area is 114 Å². The first-order valence-electron chi connectivity index (χ1n) is 6.40. The van der Waals surface area contributed by atoms with E-state index in [1.165, 1.54) is 0 Å². The molecule has 0 bridgehead atoms. The van der Waals surface area contributed by atoms with Gasteiger partial charge in [-0.25, -0.2) is 4.98 Å². The molecule has 0 aliphatic rings. The lowest BCUT2D eigenvalue weighted by atomic mass is 9.93. The SMILES string of the molecule is COCCOCCc1nc(C(CN)C(C)C)cs1. The van der Waals surface area contributed by atoms with Gasteiger partial charge in [0.1, 0.15) is 0 Å².